The van der Waals surface area contributed by atoms with E-state index in [4.69, 9.17) is 0 Å². The number of hydrogen-bond acceptors (Lipinski definition) is 1. The Kier molecular flexibility index (Phi) is 2.96. The molecule has 1 nitrogen and oxygen atoms in total. The lowest BCUT2D eigenvalue weighted by Gasteiger charge is -2.01. The van der Waals surface area contributed by atoms with Gasteiger partial charge in [-0.3, -0.25) is 4.21 Å². The predicted molar refractivity (Wildman–Crippen MR) is 55.0 cm³/mol. The van der Waals surface area contributed by atoms with Crippen molar-refractivity contribution in [2.75, 3.05) is 5.75 Å². The van der Waals surface area contributed by atoms with Crippen LogP contribution in [-0.4, -0.2) is 9.96 Å². The van der Waals surface area contributed by atoms with Crippen molar-refractivity contribution in [2.24, 2.45) is 5.92 Å². The summed E-state index contributed by atoms with van der Waals surface area (Å²) in [5.74, 6) is 1.16. The minimum Gasteiger partial charge on any atom is -0.254 e. The van der Waals surface area contributed by atoms with Crippen molar-refractivity contribution in [3.8, 4) is 0 Å². The molecule has 0 heterocycles. The van der Waals surface area contributed by atoms with E-state index >= 15 is 0 Å². The van der Waals surface area contributed by atoms with E-state index in [1.807, 2.05) is 0 Å². The molecule has 0 radical (unpaired) electrons. The third-order valence-electron chi connectivity index (χ3n) is 2.47. The molecule has 0 aromatic heterocycles. The molecule has 3 heteroatoms. The Morgan fingerprint density at radius 3 is 2.86 bits per heavy atom. The van der Waals surface area contributed by atoms with Gasteiger partial charge in [0.2, 0.25) is 0 Å². The molecule has 1 saturated carbocycles. The highest BCUT2D eigenvalue weighted by Gasteiger charge is 2.21. The molecule has 1 aromatic rings. The summed E-state index contributed by atoms with van der Waals surface area (Å²) in [6, 6.07) is 6.08. The SMILES string of the molecule is O=S(CCC1CC1)c1cccc(F)c1. The maximum atomic E-state index is 12.8. The lowest BCUT2D eigenvalue weighted by molar-refractivity contribution is 0.622. The predicted octanol–water partition coefficient (Wildman–Crippen LogP) is 2.73. The van der Waals surface area contributed by atoms with Gasteiger partial charge in [0.1, 0.15) is 5.82 Å². The first-order chi connectivity index (χ1) is 6.75. The van der Waals surface area contributed by atoms with Crippen LogP contribution in [-0.2, 0) is 10.8 Å². The van der Waals surface area contributed by atoms with Crippen LogP contribution < -0.4 is 0 Å². The van der Waals surface area contributed by atoms with Gasteiger partial charge in [0, 0.05) is 10.6 Å². The fourth-order valence-electron chi connectivity index (χ4n) is 1.41. The van der Waals surface area contributed by atoms with Crippen molar-refractivity contribution < 1.29 is 8.60 Å². The van der Waals surface area contributed by atoms with Crippen LogP contribution in [0.25, 0.3) is 0 Å². The second kappa shape index (κ2) is 4.22. The van der Waals surface area contributed by atoms with Crippen molar-refractivity contribution in [3.63, 3.8) is 0 Å². The zero-order chi connectivity index (χ0) is 9.97. The largest absolute Gasteiger partial charge is 0.254 e. The molecule has 0 saturated heterocycles. The Hall–Kier alpha value is -0.700. The summed E-state index contributed by atoms with van der Waals surface area (Å²) in [7, 11) is -1.01. The van der Waals surface area contributed by atoms with Gasteiger partial charge in [0.15, 0.2) is 0 Å². The van der Waals surface area contributed by atoms with E-state index in [-0.39, 0.29) is 5.82 Å². The first-order valence-electron chi connectivity index (χ1n) is 4.89. The van der Waals surface area contributed by atoms with Gasteiger partial charge in [-0.05, 0) is 30.5 Å². The normalized spacial score (nSPS) is 18.1. The van der Waals surface area contributed by atoms with Crippen molar-refractivity contribution in [2.45, 2.75) is 24.2 Å². The van der Waals surface area contributed by atoms with E-state index in [1.54, 1.807) is 12.1 Å². The van der Waals surface area contributed by atoms with Gasteiger partial charge in [-0.2, -0.15) is 0 Å². The van der Waals surface area contributed by atoms with Crippen LogP contribution in [0.15, 0.2) is 29.2 Å². The minimum absolute atomic E-state index is 0.303. The molecule has 1 unspecified atom stereocenters. The Morgan fingerprint density at radius 2 is 2.21 bits per heavy atom. The van der Waals surface area contributed by atoms with Gasteiger partial charge < -0.3 is 0 Å². The quantitative estimate of drug-likeness (QED) is 0.750. The molecular formula is C11H13FOS. The molecule has 76 valence electrons. The third kappa shape index (κ3) is 2.64. The van der Waals surface area contributed by atoms with Gasteiger partial charge >= 0.3 is 0 Å². The average Bonchev–Trinajstić information content (AvgIpc) is 2.97. The molecule has 1 aliphatic carbocycles. The molecule has 14 heavy (non-hydrogen) atoms. The number of rotatable bonds is 4. The fraction of sp³-hybridized carbons (Fsp3) is 0.455. The van der Waals surface area contributed by atoms with Crippen LogP contribution in [0, 0.1) is 11.7 Å². The molecule has 1 fully saturated rings. The Morgan fingerprint density at radius 1 is 1.43 bits per heavy atom. The molecule has 0 spiro atoms. The molecular weight excluding hydrogens is 199 g/mol. The smallest absolute Gasteiger partial charge is 0.124 e. The summed E-state index contributed by atoms with van der Waals surface area (Å²) in [5, 5.41) is 0. The van der Waals surface area contributed by atoms with Crippen LogP contribution in [0.5, 0.6) is 0 Å². The Bertz CT molecular complexity index is 347. The van der Waals surface area contributed by atoms with E-state index in [0.717, 1.165) is 12.3 Å². The molecule has 0 bridgehead atoms. The molecule has 0 N–H and O–H groups in total. The number of hydrogen-bond donors (Lipinski definition) is 0. The lowest BCUT2D eigenvalue weighted by atomic mass is 10.3. The first-order valence-corrected chi connectivity index (χ1v) is 6.21. The molecule has 1 atom stereocenters. The van der Waals surface area contributed by atoms with Gasteiger partial charge in [0.25, 0.3) is 0 Å². The number of benzene rings is 1. The summed E-state index contributed by atoms with van der Waals surface area (Å²) >= 11 is 0. The highest BCUT2D eigenvalue weighted by atomic mass is 32.2. The monoisotopic (exact) mass is 212 g/mol. The molecule has 1 aliphatic rings. The second-order valence-corrected chi connectivity index (χ2v) is 5.31. The fourth-order valence-corrected chi connectivity index (χ4v) is 2.66. The van der Waals surface area contributed by atoms with Crippen molar-refractivity contribution in [1.82, 2.24) is 0 Å². The van der Waals surface area contributed by atoms with Crippen LogP contribution in [0.3, 0.4) is 0 Å². The second-order valence-electron chi connectivity index (χ2n) is 3.74. The van der Waals surface area contributed by atoms with Gasteiger partial charge in [-0.25, -0.2) is 4.39 Å². The van der Waals surface area contributed by atoms with Crippen LogP contribution in [0.4, 0.5) is 4.39 Å². The summed E-state index contributed by atoms with van der Waals surface area (Å²) in [5.41, 5.74) is 0. The van der Waals surface area contributed by atoms with Crippen molar-refractivity contribution in [1.29, 1.82) is 0 Å². The summed E-state index contributed by atoms with van der Waals surface area (Å²) in [4.78, 5) is 0.616. The Balaban J connectivity index is 1.95. The molecule has 1 aromatic carbocycles. The summed E-state index contributed by atoms with van der Waals surface area (Å²) in [6.45, 7) is 0. The molecule has 0 amide bonds. The summed E-state index contributed by atoms with van der Waals surface area (Å²) < 4.78 is 24.5. The van der Waals surface area contributed by atoms with Crippen LogP contribution in [0.1, 0.15) is 19.3 Å². The first kappa shape index (κ1) is 9.84. The zero-order valence-corrected chi connectivity index (χ0v) is 8.73. The van der Waals surface area contributed by atoms with E-state index in [9.17, 15) is 8.60 Å². The van der Waals surface area contributed by atoms with E-state index < -0.39 is 10.8 Å². The van der Waals surface area contributed by atoms with Crippen LogP contribution in [0.2, 0.25) is 0 Å². The average molecular weight is 212 g/mol. The Labute approximate surface area is 85.8 Å². The molecule has 0 aliphatic heterocycles. The van der Waals surface area contributed by atoms with Crippen LogP contribution >= 0.6 is 0 Å². The minimum atomic E-state index is -1.01. The summed E-state index contributed by atoms with van der Waals surface area (Å²) in [6.07, 6.45) is 3.57. The van der Waals surface area contributed by atoms with Crippen molar-refractivity contribution >= 4 is 10.8 Å². The topological polar surface area (TPSA) is 17.1 Å². The standard InChI is InChI=1S/C11H13FOS/c12-10-2-1-3-11(8-10)14(13)7-6-9-4-5-9/h1-3,8-9H,4-7H2. The maximum absolute atomic E-state index is 12.8. The zero-order valence-electron chi connectivity index (χ0n) is 7.91. The molecule has 2 rings (SSSR count). The van der Waals surface area contributed by atoms with E-state index in [2.05, 4.69) is 0 Å². The highest BCUT2D eigenvalue weighted by Crippen LogP contribution is 2.32. The third-order valence-corrected chi connectivity index (χ3v) is 3.85. The van der Waals surface area contributed by atoms with E-state index in [0.29, 0.717) is 10.6 Å². The van der Waals surface area contributed by atoms with Gasteiger partial charge in [-0.15, -0.1) is 0 Å². The number of halogens is 1. The van der Waals surface area contributed by atoms with Crippen molar-refractivity contribution in [3.05, 3.63) is 30.1 Å². The van der Waals surface area contributed by atoms with E-state index in [1.165, 1.54) is 25.0 Å². The van der Waals surface area contributed by atoms with Gasteiger partial charge in [-0.1, -0.05) is 18.9 Å². The maximum Gasteiger partial charge on any atom is 0.124 e. The lowest BCUT2D eigenvalue weighted by Crippen LogP contribution is -1.99. The highest BCUT2D eigenvalue weighted by molar-refractivity contribution is 7.85. The van der Waals surface area contributed by atoms with Gasteiger partial charge in [0.05, 0.1) is 10.8 Å².